The van der Waals surface area contributed by atoms with E-state index in [4.69, 9.17) is 10.9 Å². The number of anilines is 1. The Bertz CT molecular complexity index is 397. The van der Waals surface area contributed by atoms with Crippen LogP contribution in [0, 0.1) is 0 Å². The molecule has 0 spiro atoms. The molecule has 94 valence electrons. The molecule has 0 saturated carbocycles. The molecule has 17 heavy (non-hydrogen) atoms. The van der Waals surface area contributed by atoms with Crippen molar-refractivity contribution >= 4 is 23.3 Å². The molecular formula is C11H18N4OS. The first-order valence-corrected chi connectivity index (χ1v) is 6.64. The summed E-state index contributed by atoms with van der Waals surface area (Å²) in [4.78, 5) is 6.17. The summed E-state index contributed by atoms with van der Waals surface area (Å²) < 4.78 is 0. The lowest BCUT2D eigenvalue weighted by atomic mass is 10.1. The summed E-state index contributed by atoms with van der Waals surface area (Å²) in [5.74, 6) is 1.10. The van der Waals surface area contributed by atoms with Crippen LogP contribution < -0.4 is 10.6 Å². The van der Waals surface area contributed by atoms with Crippen LogP contribution in [0.25, 0.3) is 0 Å². The number of aromatic nitrogens is 1. The van der Waals surface area contributed by atoms with Crippen LogP contribution in [-0.4, -0.2) is 41.1 Å². The molecule has 0 bridgehead atoms. The van der Waals surface area contributed by atoms with Gasteiger partial charge in [0.25, 0.3) is 0 Å². The predicted molar refractivity (Wildman–Crippen MR) is 73.0 cm³/mol. The summed E-state index contributed by atoms with van der Waals surface area (Å²) in [5.41, 5.74) is 7.21. The fourth-order valence-electron chi connectivity index (χ4n) is 1.53. The third-order valence-corrected chi connectivity index (χ3v) is 3.45. The van der Waals surface area contributed by atoms with Gasteiger partial charge < -0.3 is 15.8 Å². The summed E-state index contributed by atoms with van der Waals surface area (Å²) >= 11 is 1.78. The van der Waals surface area contributed by atoms with Crippen LogP contribution in [0.15, 0.2) is 23.6 Å². The molecule has 0 aromatic carbocycles. The third kappa shape index (κ3) is 3.26. The van der Waals surface area contributed by atoms with E-state index in [1.54, 1.807) is 30.2 Å². The van der Waals surface area contributed by atoms with E-state index < -0.39 is 0 Å². The minimum Gasteiger partial charge on any atom is -0.409 e. The van der Waals surface area contributed by atoms with Crippen LogP contribution in [0.2, 0.25) is 0 Å². The molecule has 0 saturated heterocycles. The molecule has 0 aliphatic heterocycles. The Balaban J connectivity index is 3.04. The van der Waals surface area contributed by atoms with Crippen LogP contribution in [0.4, 0.5) is 5.69 Å². The fourth-order valence-corrected chi connectivity index (χ4v) is 2.23. The molecule has 5 nitrogen and oxygen atoms in total. The van der Waals surface area contributed by atoms with Gasteiger partial charge in [-0.05, 0) is 19.2 Å². The lowest BCUT2D eigenvalue weighted by Crippen LogP contribution is -2.33. The normalized spacial score (nSPS) is 13.5. The highest BCUT2D eigenvalue weighted by Crippen LogP contribution is 2.20. The smallest absolute Gasteiger partial charge is 0.172 e. The topological polar surface area (TPSA) is 74.7 Å². The van der Waals surface area contributed by atoms with E-state index in [-0.39, 0.29) is 5.84 Å². The molecule has 1 unspecified atom stereocenters. The summed E-state index contributed by atoms with van der Waals surface area (Å²) in [6, 6.07) is 2.09. The van der Waals surface area contributed by atoms with Crippen molar-refractivity contribution in [3.8, 4) is 0 Å². The summed E-state index contributed by atoms with van der Waals surface area (Å²) in [6.45, 7) is 2.12. The van der Waals surface area contributed by atoms with Gasteiger partial charge in [-0.25, -0.2) is 0 Å². The maximum Gasteiger partial charge on any atom is 0.172 e. The molecular weight excluding hydrogens is 236 g/mol. The van der Waals surface area contributed by atoms with Crippen LogP contribution in [0.1, 0.15) is 12.5 Å². The molecule has 0 aliphatic carbocycles. The molecule has 6 heteroatoms. The second-order valence-electron chi connectivity index (χ2n) is 3.79. The number of hydrogen-bond donors (Lipinski definition) is 2. The van der Waals surface area contributed by atoms with Crippen molar-refractivity contribution in [2.75, 3.05) is 24.0 Å². The van der Waals surface area contributed by atoms with Crippen molar-refractivity contribution in [2.24, 2.45) is 10.9 Å². The van der Waals surface area contributed by atoms with Crippen molar-refractivity contribution in [2.45, 2.75) is 13.0 Å². The van der Waals surface area contributed by atoms with Gasteiger partial charge in [-0.1, -0.05) is 5.16 Å². The van der Waals surface area contributed by atoms with Crippen LogP contribution in [0.5, 0.6) is 0 Å². The second-order valence-corrected chi connectivity index (χ2v) is 4.70. The van der Waals surface area contributed by atoms with Gasteiger partial charge >= 0.3 is 0 Å². The van der Waals surface area contributed by atoms with E-state index in [2.05, 4.69) is 28.2 Å². The minimum atomic E-state index is 0.102. The van der Waals surface area contributed by atoms with E-state index in [1.807, 2.05) is 7.05 Å². The zero-order valence-corrected chi connectivity index (χ0v) is 11.1. The van der Waals surface area contributed by atoms with Crippen molar-refractivity contribution < 1.29 is 5.21 Å². The highest BCUT2D eigenvalue weighted by molar-refractivity contribution is 7.98. The summed E-state index contributed by atoms with van der Waals surface area (Å²) in [6.07, 6.45) is 5.42. The highest BCUT2D eigenvalue weighted by Gasteiger charge is 2.15. The average Bonchev–Trinajstić information content (AvgIpc) is 2.37. The van der Waals surface area contributed by atoms with Crippen molar-refractivity contribution in [1.82, 2.24) is 4.98 Å². The molecule has 0 radical (unpaired) electrons. The zero-order chi connectivity index (χ0) is 12.8. The first-order valence-electron chi connectivity index (χ1n) is 5.25. The van der Waals surface area contributed by atoms with E-state index in [1.165, 1.54) is 0 Å². The molecule has 1 rings (SSSR count). The highest BCUT2D eigenvalue weighted by atomic mass is 32.2. The van der Waals surface area contributed by atoms with E-state index in [0.717, 1.165) is 11.4 Å². The Hall–Kier alpha value is -1.43. The molecule has 0 aliphatic rings. The van der Waals surface area contributed by atoms with Crippen LogP contribution in [-0.2, 0) is 0 Å². The van der Waals surface area contributed by atoms with Crippen molar-refractivity contribution in [1.29, 1.82) is 0 Å². The number of hydrogen-bond acceptors (Lipinski definition) is 5. The molecule has 0 amide bonds. The van der Waals surface area contributed by atoms with Gasteiger partial charge in [0, 0.05) is 30.6 Å². The summed E-state index contributed by atoms with van der Waals surface area (Å²) in [7, 11) is 1.98. The van der Waals surface area contributed by atoms with Gasteiger partial charge in [-0.2, -0.15) is 11.8 Å². The molecule has 0 fully saturated rings. The van der Waals surface area contributed by atoms with E-state index >= 15 is 0 Å². The second kappa shape index (κ2) is 6.34. The van der Waals surface area contributed by atoms with Gasteiger partial charge in [0.05, 0.1) is 11.9 Å². The van der Waals surface area contributed by atoms with Crippen LogP contribution >= 0.6 is 11.8 Å². The quantitative estimate of drug-likeness (QED) is 0.359. The first kappa shape index (κ1) is 13.6. The third-order valence-electron chi connectivity index (χ3n) is 2.63. The molecule has 1 atom stereocenters. The Kier molecular flexibility index (Phi) is 5.09. The maximum atomic E-state index is 8.76. The summed E-state index contributed by atoms with van der Waals surface area (Å²) in [5, 5.41) is 11.8. The average molecular weight is 254 g/mol. The zero-order valence-electron chi connectivity index (χ0n) is 10.3. The number of amidine groups is 1. The predicted octanol–water partition coefficient (Wildman–Crippen LogP) is 1.36. The lowest BCUT2D eigenvalue weighted by molar-refractivity contribution is 0.318. The number of rotatable bonds is 5. The van der Waals surface area contributed by atoms with Gasteiger partial charge in [-0.3, -0.25) is 4.98 Å². The number of pyridine rings is 1. The lowest BCUT2D eigenvalue weighted by Gasteiger charge is -2.27. The Labute approximate surface area is 106 Å². The van der Waals surface area contributed by atoms with Gasteiger partial charge in [-0.15, -0.1) is 0 Å². The van der Waals surface area contributed by atoms with Crippen LogP contribution in [0.3, 0.4) is 0 Å². The van der Waals surface area contributed by atoms with E-state index in [0.29, 0.717) is 11.6 Å². The fraction of sp³-hybridized carbons (Fsp3) is 0.455. The molecule has 1 heterocycles. The van der Waals surface area contributed by atoms with Gasteiger partial charge in [0.2, 0.25) is 0 Å². The Morgan fingerprint density at radius 3 is 3.00 bits per heavy atom. The molecule has 1 aromatic heterocycles. The van der Waals surface area contributed by atoms with Crippen molar-refractivity contribution in [3.05, 3.63) is 24.0 Å². The number of oxime groups is 1. The standard InChI is InChI=1S/C11H18N4OS/c1-8(7-17-3)15(2)10-6-13-5-4-9(10)11(12)14-16/h4-6,8,16H,7H2,1-3H3,(H2,12,14). The number of nitrogens with two attached hydrogens (primary N) is 1. The minimum absolute atomic E-state index is 0.102. The van der Waals surface area contributed by atoms with Gasteiger partial charge in [0.15, 0.2) is 5.84 Å². The maximum absolute atomic E-state index is 8.76. The van der Waals surface area contributed by atoms with E-state index in [9.17, 15) is 0 Å². The van der Waals surface area contributed by atoms with Crippen molar-refractivity contribution in [3.63, 3.8) is 0 Å². The Morgan fingerprint density at radius 1 is 1.71 bits per heavy atom. The van der Waals surface area contributed by atoms with Gasteiger partial charge in [0.1, 0.15) is 0 Å². The number of thioether (sulfide) groups is 1. The SMILES string of the molecule is CSCC(C)N(C)c1cnccc1/C(N)=N/O. The number of nitrogens with zero attached hydrogens (tertiary/aromatic N) is 3. The molecule has 3 N–H and O–H groups in total. The Morgan fingerprint density at radius 2 is 2.41 bits per heavy atom. The first-order chi connectivity index (χ1) is 8.11. The monoisotopic (exact) mass is 254 g/mol. The largest absolute Gasteiger partial charge is 0.409 e. The molecule has 1 aromatic rings.